The predicted octanol–water partition coefficient (Wildman–Crippen LogP) is 1.12. The number of carbonyl (C=O) groups excluding carboxylic acids is 1. The average molecular weight is 340 g/mol. The fourth-order valence-corrected chi connectivity index (χ4v) is 3.15. The molecule has 1 heterocycles. The molecule has 1 atom stereocenters. The maximum atomic E-state index is 12.4. The van der Waals surface area contributed by atoms with E-state index in [1.165, 1.54) is 7.05 Å². The van der Waals surface area contributed by atoms with Gasteiger partial charge in [0.25, 0.3) is 0 Å². The van der Waals surface area contributed by atoms with Crippen LogP contribution in [-0.4, -0.2) is 63.1 Å². The molecule has 0 spiro atoms. The van der Waals surface area contributed by atoms with E-state index in [1.54, 1.807) is 7.11 Å². The quantitative estimate of drug-likeness (QED) is 0.778. The van der Waals surface area contributed by atoms with Gasteiger partial charge >= 0.3 is 0 Å². The highest BCUT2D eigenvalue weighted by Gasteiger charge is 2.30. The van der Waals surface area contributed by atoms with E-state index in [2.05, 4.69) is 0 Å². The van der Waals surface area contributed by atoms with Gasteiger partial charge < -0.3 is 9.64 Å². The molecule has 0 aliphatic carbocycles. The molecule has 23 heavy (non-hydrogen) atoms. The van der Waals surface area contributed by atoms with Gasteiger partial charge in [0.2, 0.25) is 15.9 Å². The molecule has 1 amide bonds. The number of rotatable bonds is 6. The Kier molecular flexibility index (Phi) is 5.64. The molecule has 6 nitrogen and oxygen atoms in total. The summed E-state index contributed by atoms with van der Waals surface area (Å²) in [5.41, 5.74) is 1.15. The van der Waals surface area contributed by atoms with E-state index in [0.29, 0.717) is 6.54 Å². The Morgan fingerprint density at radius 3 is 2.57 bits per heavy atom. The lowest BCUT2D eigenvalue weighted by molar-refractivity contribution is -0.132. The highest BCUT2D eigenvalue weighted by molar-refractivity contribution is 7.88. The molecule has 0 saturated carbocycles. The van der Waals surface area contributed by atoms with E-state index in [0.717, 1.165) is 41.1 Å². The first kappa shape index (κ1) is 17.7. The summed E-state index contributed by atoms with van der Waals surface area (Å²) in [6, 6.07) is 7.95. The Balaban J connectivity index is 2.00. The van der Waals surface area contributed by atoms with Crippen molar-refractivity contribution < 1.29 is 17.9 Å². The van der Waals surface area contributed by atoms with E-state index < -0.39 is 10.0 Å². The van der Waals surface area contributed by atoms with Crippen molar-refractivity contribution in [3.8, 4) is 5.75 Å². The van der Waals surface area contributed by atoms with Crippen LogP contribution in [-0.2, 0) is 21.2 Å². The minimum Gasteiger partial charge on any atom is -0.497 e. The Labute approximate surface area is 138 Å². The summed E-state index contributed by atoms with van der Waals surface area (Å²) < 4.78 is 29.2. The van der Waals surface area contributed by atoms with Gasteiger partial charge in [0.15, 0.2) is 0 Å². The van der Waals surface area contributed by atoms with Crippen LogP contribution in [0.25, 0.3) is 0 Å². The minimum atomic E-state index is -3.34. The number of likely N-dealkylation sites (N-methyl/N-ethyl adjacent to an activating group) is 1. The van der Waals surface area contributed by atoms with Crippen molar-refractivity contribution in [1.29, 1.82) is 0 Å². The summed E-state index contributed by atoms with van der Waals surface area (Å²) in [6.07, 6.45) is 3.78. The standard InChI is InChI=1S/C16H24N2O4S/c1-17(23(3,20)21)12-16(19)18-10-4-5-14(18)11-13-6-8-15(22-2)9-7-13/h6-9,14H,4-5,10-12H2,1-3H3. The number of hydrogen-bond acceptors (Lipinski definition) is 4. The third-order valence-electron chi connectivity index (χ3n) is 4.25. The summed E-state index contributed by atoms with van der Waals surface area (Å²) >= 11 is 0. The summed E-state index contributed by atoms with van der Waals surface area (Å²) in [5.74, 6) is 0.678. The molecule has 7 heteroatoms. The number of amides is 1. The number of nitrogens with zero attached hydrogens (tertiary/aromatic N) is 2. The highest BCUT2D eigenvalue weighted by Crippen LogP contribution is 2.22. The van der Waals surface area contributed by atoms with Crippen LogP contribution in [0.1, 0.15) is 18.4 Å². The molecule has 1 aliphatic heterocycles. The first-order valence-electron chi connectivity index (χ1n) is 7.65. The zero-order valence-corrected chi connectivity index (χ0v) is 14.7. The average Bonchev–Trinajstić information content (AvgIpc) is 2.95. The number of ether oxygens (including phenoxy) is 1. The number of sulfonamides is 1. The number of benzene rings is 1. The van der Waals surface area contributed by atoms with E-state index in [9.17, 15) is 13.2 Å². The molecule has 1 aliphatic rings. The van der Waals surface area contributed by atoms with Gasteiger partial charge in [-0.2, -0.15) is 4.31 Å². The smallest absolute Gasteiger partial charge is 0.238 e. The minimum absolute atomic E-state index is 0.0993. The lowest BCUT2D eigenvalue weighted by Gasteiger charge is -2.26. The van der Waals surface area contributed by atoms with Crippen LogP contribution in [0.5, 0.6) is 5.75 Å². The second-order valence-corrected chi connectivity index (χ2v) is 8.04. The number of likely N-dealkylation sites (tertiary alicyclic amines) is 1. The number of carbonyl (C=O) groups is 1. The van der Waals surface area contributed by atoms with Crippen molar-refractivity contribution >= 4 is 15.9 Å². The lowest BCUT2D eigenvalue weighted by atomic mass is 10.0. The Hall–Kier alpha value is -1.60. The Morgan fingerprint density at radius 2 is 2.00 bits per heavy atom. The summed E-state index contributed by atoms with van der Waals surface area (Å²) in [4.78, 5) is 14.2. The van der Waals surface area contributed by atoms with Crippen molar-refractivity contribution in [3.05, 3.63) is 29.8 Å². The largest absolute Gasteiger partial charge is 0.497 e. The van der Waals surface area contributed by atoms with E-state index in [-0.39, 0.29) is 18.5 Å². The molecule has 0 bridgehead atoms. The molecule has 0 radical (unpaired) electrons. The third kappa shape index (κ3) is 4.68. The van der Waals surface area contributed by atoms with Crippen LogP contribution in [0.2, 0.25) is 0 Å². The topological polar surface area (TPSA) is 66.9 Å². The monoisotopic (exact) mass is 340 g/mol. The zero-order chi connectivity index (χ0) is 17.0. The summed E-state index contributed by atoms with van der Waals surface area (Å²) in [5, 5.41) is 0. The van der Waals surface area contributed by atoms with Gasteiger partial charge in [0.05, 0.1) is 19.9 Å². The maximum absolute atomic E-state index is 12.4. The van der Waals surface area contributed by atoms with Crippen LogP contribution < -0.4 is 4.74 Å². The number of methoxy groups -OCH3 is 1. The highest BCUT2D eigenvalue weighted by atomic mass is 32.2. The van der Waals surface area contributed by atoms with Crippen LogP contribution in [0, 0.1) is 0 Å². The molecule has 1 aromatic carbocycles. The van der Waals surface area contributed by atoms with Crippen molar-refractivity contribution in [1.82, 2.24) is 9.21 Å². The fourth-order valence-electron chi connectivity index (χ4n) is 2.81. The zero-order valence-electron chi connectivity index (χ0n) is 13.9. The molecule has 0 N–H and O–H groups in total. The predicted molar refractivity (Wildman–Crippen MR) is 88.9 cm³/mol. The van der Waals surface area contributed by atoms with Gasteiger partial charge in [-0.05, 0) is 37.0 Å². The van der Waals surface area contributed by atoms with Crippen molar-refractivity contribution in [2.75, 3.05) is 33.5 Å². The van der Waals surface area contributed by atoms with Gasteiger partial charge in [-0.3, -0.25) is 4.79 Å². The normalized spacial score (nSPS) is 18.4. The van der Waals surface area contributed by atoms with Gasteiger partial charge in [-0.15, -0.1) is 0 Å². The fraction of sp³-hybridized carbons (Fsp3) is 0.562. The molecular weight excluding hydrogens is 316 g/mol. The molecule has 0 aromatic heterocycles. The van der Waals surface area contributed by atoms with Crippen LogP contribution >= 0.6 is 0 Å². The molecule has 1 saturated heterocycles. The van der Waals surface area contributed by atoms with Crippen LogP contribution in [0.15, 0.2) is 24.3 Å². The molecule has 1 fully saturated rings. The molecule has 128 valence electrons. The van der Waals surface area contributed by atoms with Crippen LogP contribution in [0.3, 0.4) is 0 Å². The van der Waals surface area contributed by atoms with Gasteiger partial charge in [-0.1, -0.05) is 12.1 Å². The second-order valence-electron chi connectivity index (χ2n) is 5.95. The molecular formula is C16H24N2O4S. The van der Waals surface area contributed by atoms with Gasteiger partial charge in [0, 0.05) is 19.6 Å². The first-order valence-corrected chi connectivity index (χ1v) is 9.50. The Bertz CT molecular complexity index is 643. The molecule has 1 unspecified atom stereocenters. The first-order chi connectivity index (χ1) is 10.8. The summed E-state index contributed by atoms with van der Waals surface area (Å²) in [6.45, 7) is 0.592. The third-order valence-corrected chi connectivity index (χ3v) is 5.51. The molecule has 1 aromatic rings. The SMILES string of the molecule is COc1ccc(CC2CCCN2C(=O)CN(C)S(C)(=O)=O)cc1. The van der Waals surface area contributed by atoms with E-state index in [4.69, 9.17) is 4.74 Å². The number of hydrogen-bond donors (Lipinski definition) is 0. The van der Waals surface area contributed by atoms with E-state index >= 15 is 0 Å². The van der Waals surface area contributed by atoms with Crippen molar-refractivity contribution in [2.24, 2.45) is 0 Å². The molecule has 2 rings (SSSR count). The Morgan fingerprint density at radius 1 is 1.35 bits per heavy atom. The maximum Gasteiger partial charge on any atom is 0.238 e. The van der Waals surface area contributed by atoms with Gasteiger partial charge in [-0.25, -0.2) is 8.42 Å². The van der Waals surface area contributed by atoms with E-state index in [1.807, 2.05) is 29.2 Å². The van der Waals surface area contributed by atoms with Crippen LogP contribution in [0.4, 0.5) is 0 Å². The van der Waals surface area contributed by atoms with Gasteiger partial charge in [0.1, 0.15) is 5.75 Å². The van der Waals surface area contributed by atoms with Crippen molar-refractivity contribution in [2.45, 2.75) is 25.3 Å². The second kappa shape index (κ2) is 7.31. The lowest BCUT2D eigenvalue weighted by Crippen LogP contribution is -2.43. The van der Waals surface area contributed by atoms with Crippen molar-refractivity contribution in [3.63, 3.8) is 0 Å². The summed E-state index contributed by atoms with van der Waals surface area (Å²) in [7, 11) is -0.278.